The fourth-order valence-electron chi connectivity index (χ4n) is 2.04. The monoisotopic (exact) mass is 352 g/mol. The van der Waals surface area contributed by atoms with Gasteiger partial charge in [0.15, 0.2) is 0 Å². The molecule has 1 unspecified atom stereocenters. The highest BCUT2D eigenvalue weighted by Gasteiger charge is 2.20. The highest BCUT2D eigenvalue weighted by atomic mass is 35.5. The second-order valence-corrected chi connectivity index (χ2v) is 7.57. The van der Waals surface area contributed by atoms with Gasteiger partial charge in [0, 0.05) is 10.7 Å². The molecule has 3 N–H and O–H groups in total. The Bertz CT molecular complexity index is 848. The van der Waals surface area contributed by atoms with Gasteiger partial charge in [-0.25, -0.2) is 8.42 Å². The minimum Gasteiger partial charge on any atom is -0.325 e. The Morgan fingerprint density at radius 1 is 1.22 bits per heavy atom. The van der Waals surface area contributed by atoms with E-state index in [0.717, 1.165) is 0 Å². The molecule has 0 aliphatic carbocycles. The molecule has 23 heavy (non-hydrogen) atoms. The van der Waals surface area contributed by atoms with Gasteiger partial charge >= 0.3 is 0 Å². The number of nitrogens with one attached hydrogen (secondary N) is 1. The topological polar surface area (TPSA) is 89.3 Å². The van der Waals surface area contributed by atoms with Crippen LogP contribution in [0, 0.1) is 6.92 Å². The molecule has 0 aliphatic heterocycles. The van der Waals surface area contributed by atoms with Crippen molar-refractivity contribution in [2.75, 3.05) is 5.32 Å². The Hall–Kier alpha value is -1.89. The maximum Gasteiger partial charge on any atom is 0.240 e. The van der Waals surface area contributed by atoms with Gasteiger partial charge in [0.1, 0.15) is 0 Å². The van der Waals surface area contributed by atoms with E-state index in [-0.39, 0.29) is 15.7 Å². The third-order valence-corrected chi connectivity index (χ3v) is 5.40. The summed E-state index contributed by atoms with van der Waals surface area (Å²) in [5.41, 5.74) is 6.42. The number of aryl methyl sites for hydroxylation is 1. The Kier molecular flexibility index (Phi) is 5.09. The lowest BCUT2D eigenvalue weighted by atomic mass is 10.2. The number of rotatable bonds is 4. The van der Waals surface area contributed by atoms with Crippen molar-refractivity contribution < 1.29 is 13.2 Å². The van der Waals surface area contributed by atoms with Crippen LogP contribution in [-0.4, -0.2) is 20.4 Å². The zero-order chi connectivity index (χ0) is 17.2. The molecule has 2 aromatic carbocycles. The Labute approximate surface area is 140 Å². The van der Waals surface area contributed by atoms with Crippen molar-refractivity contribution in [3.8, 4) is 0 Å². The van der Waals surface area contributed by atoms with Crippen molar-refractivity contribution in [3.05, 3.63) is 53.1 Å². The van der Waals surface area contributed by atoms with Crippen LogP contribution >= 0.6 is 11.6 Å². The molecular weight excluding hydrogens is 336 g/mol. The first kappa shape index (κ1) is 17.5. The fourth-order valence-corrected chi connectivity index (χ4v) is 3.79. The van der Waals surface area contributed by atoms with Gasteiger partial charge in [0.2, 0.25) is 15.7 Å². The van der Waals surface area contributed by atoms with Crippen LogP contribution in [0.15, 0.2) is 52.3 Å². The van der Waals surface area contributed by atoms with E-state index in [4.69, 9.17) is 17.3 Å². The molecule has 7 heteroatoms. The third kappa shape index (κ3) is 3.90. The number of carbonyl (C=O) groups excluding carboxylic acids is 1. The van der Waals surface area contributed by atoms with Crippen LogP contribution in [0.5, 0.6) is 0 Å². The Balaban J connectivity index is 2.43. The van der Waals surface area contributed by atoms with E-state index in [0.29, 0.717) is 16.3 Å². The quantitative estimate of drug-likeness (QED) is 0.885. The largest absolute Gasteiger partial charge is 0.325 e. The van der Waals surface area contributed by atoms with Crippen LogP contribution in [0.4, 0.5) is 5.69 Å². The summed E-state index contributed by atoms with van der Waals surface area (Å²) in [7, 11) is -3.71. The summed E-state index contributed by atoms with van der Waals surface area (Å²) >= 11 is 5.87. The van der Waals surface area contributed by atoms with Crippen molar-refractivity contribution >= 4 is 33.0 Å². The first-order valence-corrected chi connectivity index (χ1v) is 8.75. The number of hydrogen-bond acceptors (Lipinski definition) is 4. The van der Waals surface area contributed by atoms with Crippen molar-refractivity contribution in [1.82, 2.24) is 0 Å². The Morgan fingerprint density at radius 2 is 1.91 bits per heavy atom. The number of carbonyl (C=O) groups is 1. The summed E-state index contributed by atoms with van der Waals surface area (Å²) in [4.78, 5) is 11.9. The lowest BCUT2D eigenvalue weighted by Crippen LogP contribution is -2.32. The fraction of sp³-hybridized carbons (Fsp3) is 0.188. The lowest BCUT2D eigenvalue weighted by Gasteiger charge is -2.11. The van der Waals surface area contributed by atoms with E-state index in [1.54, 1.807) is 32.0 Å². The predicted octanol–water partition coefficient (Wildman–Crippen LogP) is 2.77. The maximum absolute atomic E-state index is 12.8. The van der Waals surface area contributed by atoms with Gasteiger partial charge < -0.3 is 11.1 Å². The highest BCUT2D eigenvalue weighted by Crippen LogP contribution is 2.27. The third-order valence-electron chi connectivity index (χ3n) is 3.25. The highest BCUT2D eigenvalue weighted by molar-refractivity contribution is 7.91. The van der Waals surface area contributed by atoms with Crippen LogP contribution in [0.25, 0.3) is 0 Å². The maximum atomic E-state index is 12.8. The number of hydrogen-bond donors (Lipinski definition) is 2. The molecule has 0 fully saturated rings. The number of halogens is 1. The molecule has 0 saturated heterocycles. The molecule has 0 aromatic heterocycles. The number of amides is 1. The van der Waals surface area contributed by atoms with Crippen LogP contribution in [0.3, 0.4) is 0 Å². The molecule has 5 nitrogen and oxygen atoms in total. The van der Waals surface area contributed by atoms with Gasteiger partial charge in [-0.05, 0) is 55.8 Å². The number of anilines is 1. The van der Waals surface area contributed by atoms with E-state index in [1.165, 1.54) is 24.3 Å². The molecule has 2 aromatic rings. The molecular formula is C16H17ClN2O3S. The number of sulfone groups is 1. The molecule has 0 radical (unpaired) electrons. The summed E-state index contributed by atoms with van der Waals surface area (Å²) in [6, 6.07) is 9.96. The summed E-state index contributed by atoms with van der Waals surface area (Å²) in [5.74, 6) is -0.387. The van der Waals surface area contributed by atoms with Gasteiger partial charge in [-0.15, -0.1) is 0 Å². The van der Waals surface area contributed by atoms with Gasteiger partial charge in [-0.1, -0.05) is 17.7 Å². The molecule has 1 amide bonds. The summed E-state index contributed by atoms with van der Waals surface area (Å²) in [6.45, 7) is 3.23. The Morgan fingerprint density at radius 3 is 2.52 bits per heavy atom. The molecule has 0 bridgehead atoms. The average molecular weight is 353 g/mol. The second-order valence-electron chi connectivity index (χ2n) is 5.22. The SMILES string of the molecule is Cc1cc(Cl)ccc1S(=O)(=O)c1cccc(NC(=O)C(C)N)c1. The molecule has 122 valence electrons. The van der Waals surface area contributed by atoms with Gasteiger partial charge in [-0.2, -0.15) is 0 Å². The van der Waals surface area contributed by atoms with Crippen molar-refractivity contribution in [3.63, 3.8) is 0 Å². The van der Waals surface area contributed by atoms with Crippen LogP contribution in [0.2, 0.25) is 5.02 Å². The average Bonchev–Trinajstić information content (AvgIpc) is 2.47. The van der Waals surface area contributed by atoms with Crippen molar-refractivity contribution in [1.29, 1.82) is 0 Å². The van der Waals surface area contributed by atoms with E-state index >= 15 is 0 Å². The molecule has 0 saturated carbocycles. The van der Waals surface area contributed by atoms with Crippen LogP contribution < -0.4 is 11.1 Å². The number of benzene rings is 2. The minimum absolute atomic E-state index is 0.0883. The zero-order valence-electron chi connectivity index (χ0n) is 12.7. The predicted molar refractivity (Wildman–Crippen MR) is 90.4 cm³/mol. The molecule has 1 atom stereocenters. The standard InChI is InChI=1S/C16H17ClN2O3S/c1-10-8-12(17)6-7-15(10)23(21,22)14-5-3-4-13(9-14)19-16(20)11(2)18/h3-9,11H,18H2,1-2H3,(H,19,20). The first-order valence-electron chi connectivity index (χ1n) is 6.89. The van der Waals surface area contributed by atoms with E-state index < -0.39 is 15.9 Å². The summed E-state index contributed by atoms with van der Waals surface area (Å²) in [6.07, 6.45) is 0. The summed E-state index contributed by atoms with van der Waals surface area (Å²) in [5, 5.41) is 3.05. The zero-order valence-corrected chi connectivity index (χ0v) is 14.3. The van der Waals surface area contributed by atoms with Crippen molar-refractivity contribution in [2.45, 2.75) is 29.7 Å². The number of nitrogens with two attached hydrogens (primary N) is 1. The van der Waals surface area contributed by atoms with Crippen LogP contribution in [-0.2, 0) is 14.6 Å². The summed E-state index contributed by atoms with van der Waals surface area (Å²) < 4.78 is 25.5. The van der Waals surface area contributed by atoms with E-state index in [9.17, 15) is 13.2 Å². The lowest BCUT2D eigenvalue weighted by molar-refractivity contribution is -0.117. The minimum atomic E-state index is -3.71. The second kappa shape index (κ2) is 6.70. The molecule has 0 spiro atoms. The van der Waals surface area contributed by atoms with Gasteiger partial charge in [-0.3, -0.25) is 4.79 Å². The van der Waals surface area contributed by atoms with E-state index in [1.807, 2.05) is 0 Å². The van der Waals surface area contributed by atoms with Crippen LogP contribution in [0.1, 0.15) is 12.5 Å². The van der Waals surface area contributed by atoms with E-state index in [2.05, 4.69) is 5.32 Å². The molecule has 0 heterocycles. The normalized spacial score (nSPS) is 12.7. The van der Waals surface area contributed by atoms with Gasteiger partial charge in [0.05, 0.1) is 15.8 Å². The van der Waals surface area contributed by atoms with Crippen molar-refractivity contribution in [2.24, 2.45) is 5.73 Å². The molecule has 2 rings (SSSR count). The smallest absolute Gasteiger partial charge is 0.240 e. The molecule has 0 aliphatic rings. The first-order chi connectivity index (χ1) is 10.7. The van der Waals surface area contributed by atoms with Gasteiger partial charge in [0.25, 0.3) is 0 Å².